The third kappa shape index (κ3) is 4.69. The average molecular weight is 336 g/mol. The number of nitrogens with one attached hydrogen (secondary N) is 1. The van der Waals surface area contributed by atoms with E-state index in [0.29, 0.717) is 6.42 Å². The predicted molar refractivity (Wildman–Crippen MR) is 98.2 cm³/mol. The molecule has 4 heteroatoms. The summed E-state index contributed by atoms with van der Waals surface area (Å²) >= 11 is 0. The largest absolute Gasteiger partial charge is 0.347 e. The first-order chi connectivity index (χ1) is 12.2. The third-order valence-corrected chi connectivity index (χ3v) is 4.69. The van der Waals surface area contributed by atoms with Gasteiger partial charge in [0.2, 0.25) is 11.8 Å². The second kappa shape index (κ2) is 8.47. The van der Waals surface area contributed by atoms with Gasteiger partial charge in [0.1, 0.15) is 0 Å². The van der Waals surface area contributed by atoms with Gasteiger partial charge in [-0.3, -0.25) is 9.59 Å². The monoisotopic (exact) mass is 336 g/mol. The molecule has 130 valence electrons. The summed E-state index contributed by atoms with van der Waals surface area (Å²) in [6.45, 7) is 1.71. The number of hydrogen-bond donors (Lipinski definition) is 1. The van der Waals surface area contributed by atoms with E-state index in [-0.39, 0.29) is 24.3 Å². The van der Waals surface area contributed by atoms with Crippen LogP contribution in [0.3, 0.4) is 0 Å². The van der Waals surface area contributed by atoms with Crippen molar-refractivity contribution in [1.29, 1.82) is 0 Å². The molecule has 0 radical (unpaired) electrons. The highest BCUT2D eigenvalue weighted by Crippen LogP contribution is 2.27. The van der Waals surface area contributed by atoms with Crippen LogP contribution < -0.4 is 5.32 Å². The number of likely N-dealkylation sites (tertiary alicyclic amines) is 1. The van der Waals surface area contributed by atoms with Crippen molar-refractivity contribution in [3.8, 4) is 0 Å². The van der Waals surface area contributed by atoms with Crippen molar-refractivity contribution in [2.75, 3.05) is 19.6 Å². The van der Waals surface area contributed by atoms with Crippen molar-refractivity contribution in [3.05, 3.63) is 71.8 Å². The lowest BCUT2D eigenvalue weighted by Gasteiger charge is -2.19. The van der Waals surface area contributed by atoms with Crippen LogP contribution in [-0.2, 0) is 9.59 Å². The Labute approximate surface area is 148 Å². The molecule has 0 bridgehead atoms. The maximum Gasteiger partial charge on any atom is 0.241 e. The Bertz CT molecular complexity index is 655. The molecule has 1 aliphatic rings. The molecule has 2 aromatic carbocycles. The van der Waals surface area contributed by atoms with Gasteiger partial charge in [-0.1, -0.05) is 60.7 Å². The third-order valence-electron chi connectivity index (χ3n) is 4.69. The van der Waals surface area contributed by atoms with Crippen LogP contribution in [0.25, 0.3) is 0 Å². The highest BCUT2D eigenvalue weighted by Gasteiger charge is 2.21. The van der Waals surface area contributed by atoms with Crippen LogP contribution in [0, 0.1) is 0 Å². The Kier molecular flexibility index (Phi) is 5.83. The van der Waals surface area contributed by atoms with Crippen LogP contribution in [0.15, 0.2) is 60.7 Å². The topological polar surface area (TPSA) is 49.4 Å². The predicted octanol–water partition coefficient (Wildman–Crippen LogP) is 2.95. The maximum absolute atomic E-state index is 12.4. The number of rotatable bonds is 6. The molecular weight excluding hydrogens is 312 g/mol. The van der Waals surface area contributed by atoms with E-state index < -0.39 is 0 Å². The van der Waals surface area contributed by atoms with E-state index in [2.05, 4.69) is 5.32 Å². The molecule has 0 saturated carbocycles. The van der Waals surface area contributed by atoms with Gasteiger partial charge in [0.05, 0.1) is 6.54 Å². The lowest BCUT2D eigenvalue weighted by atomic mass is 9.88. The molecule has 0 spiro atoms. The quantitative estimate of drug-likeness (QED) is 0.882. The van der Waals surface area contributed by atoms with E-state index in [9.17, 15) is 9.59 Å². The zero-order chi connectivity index (χ0) is 17.5. The molecule has 1 saturated heterocycles. The summed E-state index contributed by atoms with van der Waals surface area (Å²) in [6, 6.07) is 20.1. The number of nitrogens with zero attached hydrogens (tertiary/aromatic N) is 1. The molecule has 4 nitrogen and oxygen atoms in total. The van der Waals surface area contributed by atoms with Crippen molar-refractivity contribution in [3.63, 3.8) is 0 Å². The minimum atomic E-state index is -0.0924. The number of amides is 2. The molecule has 0 aromatic heterocycles. The van der Waals surface area contributed by atoms with Gasteiger partial charge in [-0.2, -0.15) is 0 Å². The lowest BCUT2D eigenvalue weighted by Crippen LogP contribution is -2.39. The first-order valence-electron chi connectivity index (χ1n) is 8.88. The number of benzene rings is 2. The van der Waals surface area contributed by atoms with Gasteiger partial charge in [0, 0.05) is 25.4 Å². The smallest absolute Gasteiger partial charge is 0.241 e. The Balaban J connectivity index is 1.64. The molecule has 2 amide bonds. The molecule has 1 heterocycles. The minimum absolute atomic E-state index is 0.00992. The summed E-state index contributed by atoms with van der Waals surface area (Å²) in [6.07, 6.45) is 2.45. The van der Waals surface area contributed by atoms with Gasteiger partial charge >= 0.3 is 0 Å². The van der Waals surface area contributed by atoms with Crippen molar-refractivity contribution in [1.82, 2.24) is 10.2 Å². The molecule has 1 fully saturated rings. The van der Waals surface area contributed by atoms with E-state index in [0.717, 1.165) is 37.1 Å². The van der Waals surface area contributed by atoms with Crippen molar-refractivity contribution >= 4 is 11.8 Å². The van der Waals surface area contributed by atoms with Crippen molar-refractivity contribution in [2.45, 2.75) is 25.2 Å². The van der Waals surface area contributed by atoms with Gasteiger partial charge in [-0.05, 0) is 24.0 Å². The second-order valence-electron chi connectivity index (χ2n) is 6.44. The second-order valence-corrected chi connectivity index (χ2v) is 6.44. The molecule has 1 aliphatic heterocycles. The van der Waals surface area contributed by atoms with E-state index in [1.54, 1.807) is 0 Å². The number of carbonyl (C=O) groups is 2. The van der Waals surface area contributed by atoms with E-state index >= 15 is 0 Å². The van der Waals surface area contributed by atoms with Gasteiger partial charge in [-0.25, -0.2) is 0 Å². The molecule has 25 heavy (non-hydrogen) atoms. The number of carbonyl (C=O) groups excluding carboxylic acids is 2. The van der Waals surface area contributed by atoms with Crippen LogP contribution in [-0.4, -0.2) is 36.3 Å². The van der Waals surface area contributed by atoms with Crippen LogP contribution in [0.1, 0.15) is 36.3 Å². The van der Waals surface area contributed by atoms with Crippen LogP contribution in [0.4, 0.5) is 0 Å². The summed E-state index contributed by atoms with van der Waals surface area (Å²) < 4.78 is 0. The van der Waals surface area contributed by atoms with Crippen molar-refractivity contribution < 1.29 is 9.59 Å². The summed E-state index contributed by atoms with van der Waals surface area (Å²) in [5, 5.41) is 2.80. The van der Waals surface area contributed by atoms with Crippen LogP contribution in [0.2, 0.25) is 0 Å². The molecule has 1 N–H and O–H groups in total. The van der Waals surface area contributed by atoms with Gasteiger partial charge in [-0.15, -0.1) is 0 Å². The Hall–Kier alpha value is -2.62. The summed E-state index contributed by atoms with van der Waals surface area (Å²) in [4.78, 5) is 26.3. The molecule has 0 atom stereocenters. The lowest BCUT2D eigenvalue weighted by molar-refractivity contribution is -0.132. The number of hydrogen-bond acceptors (Lipinski definition) is 2. The fraction of sp³-hybridized carbons (Fsp3) is 0.333. The van der Waals surface area contributed by atoms with Gasteiger partial charge < -0.3 is 10.2 Å². The fourth-order valence-corrected chi connectivity index (χ4v) is 3.31. The SMILES string of the molecule is O=C(CC(c1ccccc1)c1ccccc1)NCC(=O)N1CCCC1. The molecule has 0 unspecified atom stereocenters. The van der Waals surface area contributed by atoms with E-state index in [4.69, 9.17) is 0 Å². The first-order valence-corrected chi connectivity index (χ1v) is 8.88. The van der Waals surface area contributed by atoms with Gasteiger partial charge in [0.25, 0.3) is 0 Å². The Morgan fingerprint density at radius 3 is 1.92 bits per heavy atom. The molecule has 0 aliphatic carbocycles. The summed E-state index contributed by atoms with van der Waals surface area (Å²) in [7, 11) is 0. The Morgan fingerprint density at radius 2 is 1.40 bits per heavy atom. The van der Waals surface area contributed by atoms with E-state index in [1.807, 2.05) is 65.6 Å². The van der Waals surface area contributed by atoms with Crippen molar-refractivity contribution in [2.24, 2.45) is 0 Å². The minimum Gasteiger partial charge on any atom is -0.347 e. The summed E-state index contributed by atoms with van der Waals surface area (Å²) in [5.74, 6) is -0.0867. The standard InChI is InChI=1S/C21H24N2O2/c24-20(22-16-21(25)23-13-7-8-14-23)15-19(17-9-3-1-4-10-17)18-11-5-2-6-12-18/h1-6,9-12,19H,7-8,13-16H2,(H,22,24). The molecule has 2 aromatic rings. The maximum atomic E-state index is 12.4. The fourth-order valence-electron chi connectivity index (χ4n) is 3.31. The van der Waals surface area contributed by atoms with E-state index in [1.165, 1.54) is 0 Å². The first kappa shape index (κ1) is 17.2. The van der Waals surface area contributed by atoms with Crippen LogP contribution >= 0.6 is 0 Å². The zero-order valence-electron chi connectivity index (χ0n) is 14.4. The van der Waals surface area contributed by atoms with Gasteiger partial charge in [0.15, 0.2) is 0 Å². The highest BCUT2D eigenvalue weighted by molar-refractivity contribution is 5.85. The normalized spacial score (nSPS) is 13.9. The Morgan fingerprint density at radius 1 is 0.880 bits per heavy atom. The zero-order valence-corrected chi connectivity index (χ0v) is 14.4. The van der Waals surface area contributed by atoms with Crippen LogP contribution in [0.5, 0.6) is 0 Å². The highest BCUT2D eigenvalue weighted by atomic mass is 16.2. The average Bonchev–Trinajstić information content (AvgIpc) is 3.20. The molecule has 3 rings (SSSR count). The summed E-state index contributed by atoms with van der Waals surface area (Å²) in [5.41, 5.74) is 2.21. The molecular formula is C21H24N2O2.